The molecule has 0 spiro atoms. The standard InChI is InChI=1S/C15H16F4O3/c16-11-5-6-12(13(7-11)22-8-15(17,18)19)9-1-3-10(4-2-9)14(20)21/h5-7,9-10H,1-4,8H2,(H,20,21). The Hall–Kier alpha value is -1.79. The first kappa shape index (κ1) is 16.6. The third-order valence-electron chi connectivity index (χ3n) is 3.88. The van der Waals surface area contributed by atoms with E-state index in [0.29, 0.717) is 31.2 Å². The Morgan fingerprint density at radius 1 is 1.23 bits per heavy atom. The molecule has 0 atom stereocenters. The third kappa shape index (κ3) is 4.35. The Kier molecular flexibility index (Phi) is 4.93. The average Bonchev–Trinajstić information content (AvgIpc) is 2.44. The molecule has 0 radical (unpaired) electrons. The van der Waals surface area contributed by atoms with Crippen LogP contribution in [0.1, 0.15) is 37.2 Å². The van der Waals surface area contributed by atoms with Crippen molar-refractivity contribution in [3.05, 3.63) is 29.6 Å². The van der Waals surface area contributed by atoms with E-state index < -0.39 is 30.5 Å². The summed E-state index contributed by atoms with van der Waals surface area (Å²) in [6, 6.07) is 3.55. The van der Waals surface area contributed by atoms with Gasteiger partial charge in [-0.25, -0.2) is 4.39 Å². The summed E-state index contributed by atoms with van der Waals surface area (Å²) < 4.78 is 54.8. The highest BCUT2D eigenvalue weighted by atomic mass is 19.4. The molecule has 0 unspecified atom stereocenters. The summed E-state index contributed by atoms with van der Waals surface area (Å²) in [6.07, 6.45) is -2.52. The maximum atomic E-state index is 13.3. The van der Waals surface area contributed by atoms with Crippen LogP contribution < -0.4 is 4.74 Å². The minimum Gasteiger partial charge on any atom is -0.484 e. The van der Waals surface area contributed by atoms with Gasteiger partial charge in [0.2, 0.25) is 0 Å². The van der Waals surface area contributed by atoms with Gasteiger partial charge in [0.1, 0.15) is 11.6 Å². The fourth-order valence-corrected chi connectivity index (χ4v) is 2.78. The SMILES string of the molecule is O=C(O)C1CCC(c2ccc(F)cc2OCC(F)(F)F)CC1. The molecule has 0 heterocycles. The van der Waals surface area contributed by atoms with Crippen molar-refractivity contribution < 1.29 is 32.2 Å². The molecule has 7 heteroatoms. The van der Waals surface area contributed by atoms with Crippen molar-refractivity contribution in [1.29, 1.82) is 0 Å². The number of alkyl halides is 3. The third-order valence-corrected chi connectivity index (χ3v) is 3.88. The number of carbonyl (C=O) groups is 1. The number of ether oxygens (including phenoxy) is 1. The van der Waals surface area contributed by atoms with Crippen LogP contribution in [0, 0.1) is 11.7 Å². The lowest BCUT2D eigenvalue weighted by Gasteiger charge is -2.27. The molecule has 3 nitrogen and oxygen atoms in total. The fraction of sp³-hybridized carbons (Fsp3) is 0.533. The van der Waals surface area contributed by atoms with Crippen molar-refractivity contribution in [2.24, 2.45) is 5.92 Å². The van der Waals surface area contributed by atoms with Gasteiger partial charge in [-0.15, -0.1) is 0 Å². The van der Waals surface area contributed by atoms with E-state index in [1.165, 1.54) is 12.1 Å². The number of benzene rings is 1. The number of carboxylic acids is 1. The molecule has 1 aliphatic carbocycles. The summed E-state index contributed by atoms with van der Waals surface area (Å²) in [5, 5.41) is 8.96. The first-order chi connectivity index (χ1) is 10.3. The van der Waals surface area contributed by atoms with Crippen LogP contribution >= 0.6 is 0 Å². The quantitative estimate of drug-likeness (QED) is 0.849. The van der Waals surface area contributed by atoms with Crippen molar-refractivity contribution in [1.82, 2.24) is 0 Å². The van der Waals surface area contributed by atoms with Crippen LogP contribution in [0.25, 0.3) is 0 Å². The molecule has 0 aliphatic heterocycles. The molecule has 2 rings (SSSR count). The lowest BCUT2D eigenvalue weighted by atomic mass is 9.78. The smallest absolute Gasteiger partial charge is 0.422 e. The zero-order valence-corrected chi connectivity index (χ0v) is 11.7. The molecule has 1 aliphatic rings. The van der Waals surface area contributed by atoms with Gasteiger partial charge >= 0.3 is 12.1 Å². The van der Waals surface area contributed by atoms with Crippen molar-refractivity contribution in [3.8, 4) is 5.75 Å². The minimum atomic E-state index is -4.50. The minimum absolute atomic E-state index is 0.112. The molecule has 1 fully saturated rings. The summed E-state index contributed by atoms with van der Waals surface area (Å²) in [6.45, 7) is -1.48. The maximum Gasteiger partial charge on any atom is 0.422 e. The normalized spacial score (nSPS) is 22.4. The van der Waals surface area contributed by atoms with Crippen molar-refractivity contribution in [2.75, 3.05) is 6.61 Å². The van der Waals surface area contributed by atoms with Crippen molar-refractivity contribution >= 4 is 5.97 Å². The molecule has 0 aromatic heterocycles. The molecule has 22 heavy (non-hydrogen) atoms. The predicted molar refractivity (Wildman–Crippen MR) is 70.3 cm³/mol. The number of halogens is 4. The Labute approximate surface area is 124 Å². The highest BCUT2D eigenvalue weighted by Crippen LogP contribution is 2.40. The summed E-state index contributed by atoms with van der Waals surface area (Å²) >= 11 is 0. The zero-order valence-electron chi connectivity index (χ0n) is 11.7. The molecular weight excluding hydrogens is 304 g/mol. The molecule has 1 saturated carbocycles. The highest BCUT2D eigenvalue weighted by molar-refractivity contribution is 5.70. The van der Waals surface area contributed by atoms with Crippen LogP contribution in [0.3, 0.4) is 0 Å². The number of rotatable bonds is 4. The maximum absolute atomic E-state index is 13.3. The Balaban J connectivity index is 2.12. The first-order valence-electron chi connectivity index (χ1n) is 6.98. The summed E-state index contributed by atoms with van der Waals surface area (Å²) in [5.74, 6) is -2.17. The van der Waals surface area contributed by atoms with E-state index >= 15 is 0 Å². The Bertz CT molecular complexity index is 534. The molecule has 0 saturated heterocycles. The molecular formula is C15H16F4O3. The summed E-state index contributed by atoms with van der Waals surface area (Å²) in [4.78, 5) is 10.9. The summed E-state index contributed by atoms with van der Waals surface area (Å²) in [7, 11) is 0. The van der Waals surface area contributed by atoms with E-state index in [2.05, 4.69) is 0 Å². The average molecular weight is 320 g/mol. The topological polar surface area (TPSA) is 46.5 Å². The largest absolute Gasteiger partial charge is 0.484 e. The fourth-order valence-electron chi connectivity index (χ4n) is 2.78. The van der Waals surface area contributed by atoms with Crippen molar-refractivity contribution in [3.63, 3.8) is 0 Å². The molecule has 0 amide bonds. The number of hydrogen-bond acceptors (Lipinski definition) is 2. The molecule has 1 aromatic rings. The van der Waals surface area contributed by atoms with Gasteiger partial charge in [0.15, 0.2) is 6.61 Å². The van der Waals surface area contributed by atoms with Crippen LogP contribution in [0.5, 0.6) is 5.75 Å². The monoisotopic (exact) mass is 320 g/mol. The van der Waals surface area contributed by atoms with Crippen LogP contribution in [0.15, 0.2) is 18.2 Å². The van der Waals surface area contributed by atoms with Gasteiger partial charge in [-0.05, 0) is 43.2 Å². The van der Waals surface area contributed by atoms with Gasteiger partial charge in [0, 0.05) is 6.07 Å². The molecule has 122 valence electrons. The van der Waals surface area contributed by atoms with Gasteiger partial charge < -0.3 is 9.84 Å². The van der Waals surface area contributed by atoms with Crippen LogP contribution in [-0.4, -0.2) is 23.9 Å². The Morgan fingerprint density at radius 2 is 1.86 bits per heavy atom. The van der Waals surface area contributed by atoms with E-state index in [9.17, 15) is 22.4 Å². The Morgan fingerprint density at radius 3 is 2.41 bits per heavy atom. The van der Waals surface area contributed by atoms with Gasteiger partial charge in [-0.3, -0.25) is 4.79 Å². The first-order valence-corrected chi connectivity index (χ1v) is 6.98. The highest BCUT2D eigenvalue weighted by Gasteiger charge is 2.31. The van der Waals surface area contributed by atoms with Gasteiger partial charge in [-0.2, -0.15) is 13.2 Å². The van der Waals surface area contributed by atoms with Gasteiger partial charge in [0.05, 0.1) is 5.92 Å². The number of aliphatic carboxylic acids is 1. The second kappa shape index (κ2) is 6.54. The van der Waals surface area contributed by atoms with Crippen LogP contribution in [0.2, 0.25) is 0 Å². The van der Waals surface area contributed by atoms with E-state index in [0.717, 1.165) is 6.07 Å². The van der Waals surface area contributed by atoms with E-state index in [4.69, 9.17) is 9.84 Å². The van der Waals surface area contributed by atoms with E-state index in [1.807, 2.05) is 0 Å². The van der Waals surface area contributed by atoms with Gasteiger partial charge in [-0.1, -0.05) is 6.07 Å². The van der Waals surface area contributed by atoms with Gasteiger partial charge in [0.25, 0.3) is 0 Å². The second-order valence-corrected chi connectivity index (χ2v) is 5.47. The second-order valence-electron chi connectivity index (χ2n) is 5.47. The summed E-state index contributed by atoms with van der Waals surface area (Å²) in [5.41, 5.74) is 0.509. The lowest BCUT2D eigenvalue weighted by Crippen LogP contribution is -2.22. The molecule has 1 aromatic carbocycles. The van der Waals surface area contributed by atoms with E-state index in [-0.39, 0.29) is 11.7 Å². The van der Waals surface area contributed by atoms with Crippen molar-refractivity contribution in [2.45, 2.75) is 37.8 Å². The van der Waals surface area contributed by atoms with Crippen LogP contribution in [-0.2, 0) is 4.79 Å². The predicted octanol–water partition coefficient (Wildman–Crippen LogP) is 4.13. The van der Waals surface area contributed by atoms with Crippen LogP contribution in [0.4, 0.5) is 17.6 Å². The lowest BCUT2D eigenvalue weighted by molar-refractivity contribution is -0.153. The zero-order chi connectivity index (χ0) is 16.3. The number of hydrogen-bond donors (Lipinski definition) is 1. The number of carboxylic acid groups (broad SMARTS) is 1. The van der Waals surface area contributed by atoms with E-state index in [1.54, 1.807) is 0 Å². The molecule has 0 bridgehead atoms. The molecule has 1 N–H and O–H groups in total.